The molecule has 146 valence electrons. The van der Waals surface area contributed by atoms with E-state index in [-0.39, 0.29) is 24.8 Å². The summed E-state index contributed by atoms with van der Waals surface area (Å²) in [6.07, 6.45) is 4.98. The Balaban J connectivity index is 1.67. The van der Waals surface area contributed by atoms with Crippen molar-refractivity contribution in [3.8, 4) is 5.75 Å². The number of rotatable bonds is 5. The molecule has 2 aliphatic heterocycles. The number of ether oxygens (including phenoxy) is 1. The van der Waals surface area contributed by atoms with Crippen LogP contribution in [0.5, 0.6) is 5.75 Å². The second kappa shape index (κ2) is 7.79. The van der Waals surface area contributed by atoms with Gasteiger partial charge in [0.2, 0.25) is 6.04 Å². The zero-order valence-corrected chi connectivity index (χ0v) is 15.8. The number of urea groups is 1. The number of dihydropyridines is 1. The molecule has 1 atom stereocenters. The number of imide groups is 1. The number of carbonyl (C=O) groups is 2. The van der Waals surface area contributed by atoms with Gasteiger partial charge in [-0.1, -0.05) is 24.3 Å². The predicted molar refractivity (Wildman–Crippen MR) is 106 cm³/mol. The Bertz CT molecular complexity index is 1040. The fourth-order valence-electron chi connectivity index (χ4n) is 3.36. The first-order valence-electron chi connectivity index (χ1n) is 9.14. The van der Waals surface area contributed by atoms with E-state index in [0.29, 0.717) is 11.5 Å². The first-order valence-corrected chi connectivity index (χ1v) is 9.14. The first kappa shape index (κ1) is 18.7. The van der Waals surface area contributed by atoms with Gasteiger partial charge in [-0.05, 0) is 47.5 Å². The quantitative estimate of drug-likeness (QED) is 0.735. The molecule has 2 heterocycles. The van der Waals surface area contributed by atoms with Gasteiger partial charge in [0.15, 0.2) is 0 Å². The Morgan fingerprint density at radius 2 is 1.76 bits per heavy atom. The van der Waals surface area contributed by atoms with Crippen molar-refractivity contribution >= 4 is 23.9 Å². The summed E-state index contributed by atoms with van der Waals surface area (Å²) in [5.74, 6) is -0.0138. The normalized spacial score (nSPS) is 18.3. The molecule has 2 aromatic rings. The average Bonchev–Trinajstić information content (AvgIpc) is 2.76. The molecule has 7 heteroatoms. The molecule has 0 bridgehead atoms. The van der Waals surface area contributed by atoms with Crippen molar-refractivity contribution in [3.05, 3.63) is 77.6 Å². The maximum atomic E-state index is 13.2. The molecule has 0 saturated heterocycles. The van der Waals surface area contributed by atoms with Gasteiger partial charge in [0.1, 0.15) is 30.4 Å². The van der Waals surface area contributed by atoms with E-state index >= 15 is 0 Å². The maximum absolute atomic E-state index is 13.2. The minimum Gasteiger partial charge on any atom is -0.497 e. The van der Waals surface area contributed by atoms with Crippen LogP contribution in [0.2, 0.25) is 0 Å². The molecule has 0 saturated carbocycles. The number of benzene rings is 2. The largest absolute Gasteiger partial charge is 0.501 e. The minimum absolute atomic E-state index is 0.130. The van der Waals surface area contributed by atoms with Crippen molar-refractivity contribution in [1.29, 1.82) is 0 Å². The molecule has 2 aliphatic rings. The number of carbonyl (C=O) groups excluding carboxylic acids is 2. The number of nitrogens with zero attached hydrogens (tertiary/aromatic N) is 3. The Kier molecular flexibility index (Phi) is 5.03. The van der Waals surface area contributed by atoms with Gasteiger partial charge in [-0.2, -0.15) is 14.3 Å². The fourth-order valence-corrected chi connectivity index (χ4v) is 3.36. The molecule has 0 fully saturated rings. The molecule has 1 unspecified atom stereocenters. The van der Waals surface area contributed by atoms with E-state index in [9.17, 15) is 14.0 Å². The highest BCUT2D eigenvalue weighted by Crippen LogP contribution is 2.20. The second-order valence-corrected chi connectivity index (χ2v) is 6.75. The molecule has 3 amide bonds. The van der Waals surface area contributed by atoms with Crippen LogP contribution in [0, 0.1) is 5.82 Å². The van der Waals surface area contributed by atoms with Crippen LogP contribution in [0.15, 0.2) is 65.7 Å². The van der Waals surface area contributed by atoms with Crippen molar-refractivity contribution in [3.63, 3.8) is 0 Å². The zero-order chi connectivity index (χ0) is 20.4. The van der Waals surface area contributed by atoms with Gasteiger partial charge in [0.05, 0.1) is 7.11 Å². The van der Waals surface area contributed by atoms with Crippen LogP contribution in [-0.4, -0.2) is 46.5 Å². The summed E-state index contributed by atoms with van der Waals surface area (Å²) in [4.78, 5) is 31.7. The molecule has 2 aromatic carbocycles. The van der Waals surface area contributed by atoms with Gasteiger partial charge in [-0.25, -0.2) is 9.18 Å². The van der Waals surface area contributed by atoms with Gasteiger partial charge in [0.25, 0.3) is 0 Å². The monoisotopic (exact) mass is 392 g/mol. The Labute approximate surface area is 167 Å². The van der Waals surface area contributed by atoms with Crippen LogP contribution in [0.1, 0.15) is 11.1 Å². The lowest BCUT2D eigenvalue weighted by Crippen LogP contribution is -2.56. The fraction of sp³-hybridized carbons (Fsp3) is 0.182. The van der Waals surface area contributed by atoms with Crippen LogP contribution in [0.3, 0.4) is 0 Å². The van der Waals surface area contributed by atoms with Crippen LogP contribution in [-0.2, 0) is 17.9 Å². The number of hydrogen-bond donors (Lipinski definition) is 0. The number of allylic oxidation sites excluding steroid dienone is 1. The van der Waals surface area contributed by atoms with E-state index in [1.54, 1.807) is 49.7 Å². The summed E-state index contributed by atoms with van der Waals surface area (Å²) in [5, 5.41) is 0. The third kappa shape index (κ3) is 3.71. The number of aliphatic imine (C=N–C) groups is 1. The summed E-state index contributed by atoms with van der Waals surface area (Å²) in [7, 11) is 1.58. The van der Waals surface area contributed by atoms with E-state index in [2.05, 4.69) is 4.99 Å². The summed E-state index contributed by atoms with van der Waals surface area (Å²) >= 11 is 0. The minimum atomic E-state index is -0.767. The van der Waals surface area contributed by atoms with Gasteiger partial charge in [-0.3, -0.25) is 4.99 Å². The lowest BCUT2D eigenvalue weighted by molar-refractivity contribution is -0.455. The highest BCUT2D eigenvalue weighted by atomic mass is 19.1. The van der Waals surface area contributed by atoms with Gasteiger partial charge in [-0.15, -0.1) is 0 Å². The van der Waals surface area contributed by atoms with Crippen molar-refractivity contribution in [1.82, 2.24) is 4.90 Å². The molecule has 6 nitrogen and oxygen atoms in total. The van der Waals surface area contributed by atoms with Gasteiger partial charge < -0.3 is 4.74 Å². The third-order valence-electron chi connectivity index (χ3n) is 4.90. The number of hydrogen-bond acceptors (Lipinski definition) is 4. The number of methoxy groups -OCH3 is 1. The molecule has 0 spiro atoms. The van der Waals surface area contributed by atoms with Crippen LogP contribution >= 0.6 is 0 Å². The lowest BCUT2D eigenvalue weighted by Gasteiger charge is -2.26. The van der Waals surface area contributed by atoms with E-state index < -0.39 is 12.1 Å². The summed E-state index contributed by atoms with van der Waals surface area (Å²) < 4.78 is 19.9. The maximum Gasteiger partial charge on any atom is 0.501 e. The van der Waals surface area contributed by atoms with Gasteiger partial charge >= 0.3 is 11.9 Å². The summed E-state index contributed by atoms with van der Waals surface area (Å²) in [6, 6.07) is 11.9. The number of amides is 3. The van der Waals surface area contributed by atoms with E-state index in [4.69, 9.17) is 4.74 Å². The van der Waals surface area contributed by atoms with Gasteiger partial charge in [0, 0.05) is 6.21 Å². The smallest absolute Gasteiger partial charge is 0.497 e. The predicted octanol–water partition coefficient (Wildman–Crippen LogP) is 2.96. The molecule has 0 aliphatic carbocycles. The molecule has 0 radical (unpaired) electrons. The lowest BCUT2D eigenvalue weighted by atomic mass is 10.0. The number of halogens is 1. The first-order chi connectivity index (χ1) is 14.1. The summed E-state index contributed by atoms with van der Waals surface area (Å²) in [5.41, 5.74) is 2.08. The molecule has 29 heavy (non-hydrogen) atoms. The highest BCUT2D eigenvalue weighted by Gasteiger charge is 2.47. The van der Waals surface area contributed by atoms with E-state index in [1.807, 2.05) is 12.1 Å². The number of fused-ring (bicyclic) bond motifs is 1. The van der Waals surface area contributed by atoms with Crippen molar-refractivity contribution in [2.24, 2.45) is 4.99 Å². The highest BCUT2D eigenvalue weighted by molar-refractivity contribution is 6.20. The SMILES string of the molecule is COc1ccc(CN2C(=O)C3N=CC=CC3=[N+](Cc3ccc(F)cc3)C2=O)cc1. The van der Waals surface area contributed by atoms with Crippen LogP contribution < -0.4 is 4.74 Å². The Hall–Kier alpha value is -3.61. The molecular formula is C22H19FN3O3+. The van der Waals surface area contributed by atoms with E-state index in [0.717, 1.165) is 11.1 Å². The topological polar surface area (TPSA) is 62.0 Å². The van der Waals surface area contributed by atoms with Crippen LogP contribution in [0.4, 0.5) is 9.18 Å². The van der Waals surface area contributed by atoms with Crippen LogP contribution in [0.25, 0.3) is 0 Å². The molecule has 0 aromatic heterocycles. The molecule has 4 rings (SSSR count). The average molecular weight is 392 g/mol. The van der Waals surface area contributed by atoms with Crippen molar-refractivity contribution in [2.75, 3.05) is 7.11 Å². The van der Waals surface area contributed by atoms with E-state index in [1.165, 1.54) is 21.6 Å². The van der Waals surface area contributed by atoms with Crippen molar-refractivity contribution in [2.45, 2.75) is 19.1 Å². The zero-order valence-electron chi connectivity index (χ0n) is 15.8. The third-order valence-corrected chi connectivity index (χ3v) is 4.90. The Morgan fingerprint density at radius 3 is 2.45 bits per heavy atom. The second-order valence-electron chi connectivity index (χ2n) is 6.75. The summed E-state index contributed by atoms with van der Waals surface area (Å²) in [6.45, 7) is 0.349. The standard InChI is InChI=1S/C22H19FN3O3/c1-29-18-10-6-16(7-11-18)14-26-21(27)20-19(3-2-12-24-20)25(22(26)28)13-15-4-8-17(23)9-5-15/h2-12,20H,13-14H2,1H3/q+1. The van der Waals surface area contributed by atoms with Crippen molar-refractivity contribution < 1.29 is 23.3 Å². The molecule has 0 N–H and O–H groups in total. The molecular weight excluding hydrogens is 373 g/mol. The Morgan fingerprint density at radius 1 is 1.07 bits per heavy atom.